The summed E-state index contributed by atoms with van der Waals surface area (Å²) in [7, 11) is 0. The lowest BCUT2D eigenvalue weighted by Crippen LogP contribution is -2.45. The van der Waals surface area contributed by atoms with Gasteiger partial charge in [0.05, 0.1) is 18.3 Å². The highest BCUT2D eigenvalue weighted by atomic mass is 32.2. The fraction of sp³-hybridized carbons (Fsp3) is 0.714. The van der Waals surface area contributed by atoms with Gasteiger partial charge in [-0.3, -0.25) is 9.59 Å². The van der Waals surface area contributed by atoms with Crippen molar-refractivity contribution in [1.29, 1.82) is 0 Å². The highest BCUT2D eigenvalue weighted by molar-refractivity contribution is 7.99. The molecule has 0 saturated carbocycles. The van der Waals surface area contributed by atoms with Gasteiger partial charge in [-0.2, -0.15) is 13.2 Å². The van der Waals surface area contributed by atoms with E-state index in [2.05, 4.69) is 0 Å². The molecule has 1 N–H and O–H groups in total. The topological polar surface area (TPSA) is 57.6 Å². The van der Waals surface area contributed by atoms with E-state index < -0.39 is 30.5 Å². The molecule has 86 valence electrons. The van der Waals surface area contributed by atoms with E-state index in [9.17, 15) is 22.8 Å². The Hall–Kier alpha value is -0.920. The van der Waals surface area contributed by atoms with Gasteiger partial charge in [0.25, 0.3) is 0 Å². The lowest BCUT2D eigenvalue weighted by molar-refractivity contribution is -0.186. The van der Waals surface area contributed by atoms with Crippen LogP contribution in [0, 0.1) is 0 Å². The normalized spacial score (nSPS) is 21.8. The van der Waals surface area contributed by atoms with Crippen molar-refractivity contribution >= 4 is 23.6 Å². The van der Waals surface area contributed by atoms with E-state index in [0.29, 0.717) is 4.90 Å². The summed E-state index contributed by atoms with van der Waals surface area (Å²) in [5, 5.41) is 8.45. The first-order chi connectivity index (χ1) is 6.82. The number of alkyl halides is 3. The fourth-order valence-electron chi connectivity index (χ4n) is 1.24. The summed E-state index contributed by atoms with van der Waals surface area (Å²) in [5.41, 5.74) is 0. The Morgan fingerprint density at radius 1 is 1.47 bits per heavy atom. The van der Waals surface area contributed by atoms with E-state index in [4.69, 9.17) is 5.11 Å². The van der Waals surface area contributed by atoms with Gasteiger partial charge < -0.3 is 10.0 Å². The van der Waals surface area contributed by atoms with E-state index in [1.165, 1.54) is 0 Å². The molecule has 0 spiro atoms. The third-order valence-electron chi connectivity index (χ3n) is 1.89. The molecular weight excluding hydrogens is 235 g/mol. The first-order valence-corrected chi connectivity index (χ1v) is 5.15. The molecule has 1 saturated heterocycles. The van der Waals surface area contributed by atoms with Crippen molar-refractivity contribution in [2.24, 2.45) is 0 Å². The van der Waals surface area contributed by atoms with Crippen molar-refractivity contribution < 1.29 is 27.9 Å². The third-order valence-corrected chi connectivity index (χ3v) is 2.98. The zero-order valence-corrected chi connectivity index (χ0v) is 8.27. The molecule has 1 fully saturated rings. The molecule has 0 aromatic carbocycles. The predicted octanol–water partition coefficient (Wildman–Crippen LogP) is 0.925. The summed E-state index contributed by atoms with van der Waals surface area (Å²) in [6, 6.07) is -0.860. The maximum Gasteiger partial charge on any atom is 0.471 e. The minimum absolute atomic E-state index is 0.101. The molecule has 1 amide bonds. The first-order valence-electron chi connectivity index (χ1n) is 3.99. The number of carboxylic acid groups (broad SMARTS) is 1. The van der Waals surface area contributed by atoms with Gasteiger partial charge in [-0.05, 0) is 0 Å². The van der Waals surface area contributed by atoms with Crippen LogP contribution in [0.1, 0.15) is 6.42 Å². The molecule has 4 nitrogen and oxygen atoms in total. The van der Waals surface area contributed by atoms with Crippen LogP contribution in [-0.4, -0.2) is 45.7 Å². The largest absolute Gasteiger partial charge is 0.481 e. The summed E-state index contributed by atoms with van der Waals surface area (Å²) in [5.74, 6) is -3.04. The number of hydrogen-bond donors (Lipinski definition) is 1. The van der Waals surface area contributed by atoms with Gasteiger partial charge >= 0.3 is 18.1 Å². The van der Waals surface area contributed by atoms with Crippen LogP contribution in [0.4, 0.5) is 13.2 Å². The molecule has 1 heterocycles. The molecule has 0 aromatic heterocycles. The van der Waals surface area contributed by atoms with Crippen LogP contribution in [0.25, 0.3) is 0 Å². The second-order valence-corrected chi connectivity index (χ2v) is 4.02. The lowest BCUT2D eigenvalue weighted by Gasteiger charge is -2.23. The number of aliphatic carboxylic acids is 1. The number of amides is 1. The first kappa shape index (κ1) is 12.2. The SMILES string of the molecule is O=C(O)C[C@@H]1CSCN1C(=O)C(F)(F)F. The van der Waals surface area contributed by atoms with Crippen LogP contribution in [-0.2, 0) is 9.59 Å². The molecular formula is C7H8F3NO3S. The summed E-state index contributed by atoms with van der Waals surface area (Å²) in [4.78, 5) is 21.8. The Morgan fingerprint density at radius 2 is 2.07 bits per heavy atom. The lowest BCUT2D eigenvalue weighted by atomic mass is 10.2. The van der Waals surface area contributed by atoms with Crippen molar-refractivity contribution in [3.8, 4) is 0 Å². The number of halogens is 3. The molecule has 1 atom stereocenters. The number of carbonyl (C=O) groups is 2. The van der Waals surface area contributed by atoms with Gasteiger partial charge in [-0.1, -0.05) is 0 Å². The number of hydrogen-bond acceptors (Lipinski definition) is 3. The van der Waals surface area contributed by atoms with Crippen LogP contribution in [0.2, 0.25) is 0 Å². The molecule has 1 rings (SSSR count). The fourth-order valence-corrected chi connectivity index (χ4v) is 2.44. The van der Waals surface area contributed by atoms with Crippen LogP contribution in [0.5, 0.6) is 0 Å². The van der Waals surface area contributed by atoms with Crippen molar-refractivity contribution in [2.75, 3.05) is 11.6 Å². The molecule has 1 aliphatic heterocycles. The van der Waals surface area contributed by atoms with Crippen molar-refractivity contribution in [2.45, 2.75) is 18.6 Å². The molecule has 8 heteroatoms. The minimum atomic E-state index is -4.93. The zero-order valence-electron chi connectivity index (χ0n) is 7.45. The van der Waals surface area contributed by atoms with E-state index in [-0.39, 0.29) is 11.6 Å². The van der Waals surface area contributed by atoms with E-state index in [1.54, 1.807) is 0 Å². The highest BCUT2D eigenvalue weighted by Gasteiger charge is 2.46. The van der Waals surface area contributed by atoms with Gasteiger partial charge in [0.2, 0.25) is 0 Å². The Balaban J connectivity index is 2.68. The van der Waals surface area contributed by atoms with Crippen LogP contribution < -0.4 is 0 Å². The van der Waals surface area contributed by atoms with Gasteiger partial charge in [0.1, 0.15) is 0 Å². The Labute approximate surface area is 87.4 Å². The zero-order chi connectivity index (χ0) is 11.6. The minimum Gasteiger partial charge on any atom is -0.481 e. The Morgan fingerprint density at radius 3 is 2.53 bits per heavy atom. The van der Waals surface area contributed by atoms with Crippen LogP contribution in [0.15, 0.2) is 0 Å². The van der Waals surface area contributed by atoms with Gasteiger partial charge in [-0.15, -0.1) is 11.8 Å². The molecule has 0 aliphatic carbocycles. The maximum absolute atomic E-state index is 12.1. The monoisotopic (exact) mass is 243 g/mol. The Kier molecular flexibility index (Phi) is 3.48. The van der Waals surface area contributed by atoms with Crippen molar-refractivity contribution in [3.63, 3.8) is 0 Å². The number of carboxylic acids is 1. The average Bonchev–Trinajstić information content (AvgIpc) is 2.48. The average molecular weight is 243 g/mol. The number of thioether (sulfide) groups is 1. The number of rotatable bonds is 2. The van der Waals surface area contributed by atoms with Gasteiger partial charge in [0, 0.05) is 5.75 Å². The van der Waals surface area contributed by atoms with Crippen LogP contribution in [0.3, 0.4) is 0 Å². The van der Waals surface area contributed by atoms with Gasteiger partial charge in [-0.25, -0.2) is 0 Å². The number of nitrogens with zero attached hydrogens (tertiary/aromatic N) is 1. The summed E-state index contributed by atoms with van der Waals surface area (Å²) in [6.07, 6.45) is -5.38. The summed E-state index contributed by atoms with van der Waals surface area (Å²) in [6.45, 7) is 0. The third kappa shape index (κ3) is 3.01. The highest BCUT2D eigenvalue weighted by Crippen LogP contribution is 2.28. The molecule has 0 unspecified atom stereocenters. The standard InChI is InChI=1S/C7H8F3NO3S/c8-7(9,10)6(14)11-3-15-2-4(11)1-5(12)13/h4H,1-3H2,(H,12,13)/t4-/m1/s1. The van der Waals surface area contributed by atoms with Crippen LogP contribution >= 0.6 is 11.8 Å². The smallest absolute Gasteiger partial charge is 0.471 e. The van der Waals surface area contributed by atoms with Gasteiger partial charge in [0.15, 0.2) is 0 Å². The number of carbonyl (C=O) groups excluding carboxylic acids is 1. The maximum atomic E-state index is 12.1. The van der Waals surface area contributed by atoms with E-state index >= 15 is 0 Å². The quantitative estimate of drug-likeness (QED) is 0.783. The summed E-state index contributed by atoms with van der Waals surface area (Å²) >= 11 is 1.12. The van der Waals surface area contributed by atoms with Crippen molar-refractivity contribution in [1.82, 2.24) is 4.90 Å². The second kappa shape index (κ2) is 4.30. The molecule has 0 bridgehead atoms. The van der Waals surface area contributed by atoms with E-state index in [1.807, 2.05) is 0 Å². The molecule has 0 aromatic rings. The second-order valence-electron chi connectivity index (χ2n) is 3.02. The predicted molar refractivity (Wildman–Crippen MR) is 46.3 cm³/mol. The molecule has 15 heavy (non-hydrogen) atoms. The Bertz CT molecular complexity index is 281. The molecule has 1 aliphatic rings. The molecule has 0 radical (unpaired) electrons. The van der Waals surface area contributed by atoms with E-state index in [0.717, 1.165) is 11.8 Å². The van der Waals surface area contributed by atoms with Crippen molar-refractivity contribution in [3.05, 3.63) is 0 Å². The summed E-state index contributed by atoms with van der Waals surface area (Å²) < 4.78 is 36.2.